The highest BCUT2D eigenvalue weighted by Gasteiger charge is 2.10. The van der Waals surface area contributed by atoms with Gasteiger partial charge in [0.05, 0.1) is 12.5 Å². The first-order valence-electron chi connectivity index (χ1n) is 4.60. The van der Waals surface area contributed by atoms with Crippen molar-refractivity contribution in [1.29, 1.82) is 5.26 Å². The number of rotatable bonds is 4. The number of carbonyl (C=O) groups excluding carboxylic acids is 1. The maximum Gasteiger partial charge on any atom is 0.322 e. The fraction of sp³-hybridized carbons (Fsp3) is 0.182. The molecule has 0 aromatic heterocycles. The number of nitrogens with zero attached hydrogens (tertiary/aromatic N) is 1. The van der Waals surface area contributed by atoms with E-state index in [-0.39, 0.29) is 6.42 Å². The monoisotopic (exact) mass is 218 g/mol. The Morgan fingerprint density at radius 1 is 1.38 bits per heavy atom. The van der Waals surface area contributed by atoms with Crippen molar-refractivity contribution in [2.75, 3.05) is 6.54 Å². The van der Waals surface area contributed by atoms with E-state index >= 15 is 0 Å². The molecule has 0 heterocycles. The summed E-state index contributed by atoms with van der Waals surface area (Å²) in [5.74, 6) is -1.58. The average molecular weight is 218 g/mol. The summed E-state index contributed by atoms with van der Waals surface area (Å²) in [6, 6.07) is 8.56. The Hall–Kier alpha value is -2.35. The molecule has 0 unspecified atom stereocenters. The highest BCUT2D eigenvalue weighted by molar-refractivity contribution is 5.97. The van der Waals surface area contributed by atoms with E-state index in [1.807, 2.05) is 6.07 Å². The van der Waals surface area contributed by atoms with Gasteiger partial charge in [0.15, 0.2) is 0 Å². The number of benzene rings is 1. The molecular formula is C11H10N2O3. The molecular weight excluding hydrogens is 208 g/mol. The van der Waals surface area contributed by atoms with Crippen LogP contribution in [0.25, 0.3) is 0 Å². The second-order valence-corrected chi connectivity index (χ2v) is 3.07. The topological polar surface area (TPSA) is 90.2 Å². The van der Waals surface area contributed by atoms with Gasteiger partial charge in [-0.2, -0.15) is 5.26 Å². The van der Waals surface area contributed by atoms with Gasteiger partial charge in [0.1, 0.15) is 6.54 Å². The summed E-state index contributed by atoms with van der Waals surface area (Å²) < 4.78 is 0. The number of carboxylic acids is 1. The van der Waals surface area contributed by atoms with Crippen molar-refractivity contribution in [3.8, 4) is 6.07 Å². The number of carboxylic acid groups (broad SMARTS) is 1. The normalized spacial score (nSPS) is 9.19. The van der Waals surface area contributed by atoms with E-state index in [9.17, 15) is 9.59 Å². The Morgan fingerprint density at radius 2 is 2.06 bits per heavy atom. The Labute approximate surface area is 92.3 Å². The van der Waals surface area contributed by atoms with Crippen LogP contribution in [-0.4, -0.2) is 23.5 Å². The first-order valence-corrected chi connectivity index (χ1v) is 4.60. The third-order valence-electron chi connectivity index (χ3n) is 1.93. The number of carbonyl (C=O) groups is 2. The van der Waals surface area contributed by atoms with Crippen molar-refractivity contribution < 1.29 is 14.7 Å². The largest absolute Gasteiger partial charge is 0.480 e. The molecule has 0 saturated carbocycles. The molecule has 5 nitrogen and oxygen atoms in total. The third-order valence-corrected chi connectivity index (χ3v) is 1.93. The highest BCUT2D eigenvalue weighted by Crippen LogP contribution is 2.08. The van der Waals surface area contributed by atoms with E-state index in [0.717, 1.165) is 0 Å². The van der Waals surface area contributed by atoms with Crippen molar-refractivity contribution in [1.82, 2.24) is 5.32 Å². The molecule has 0 fully saturated rings. The summed E-state index contributed by atoms with van der Waals surface area (Å²) in [5, 5.41) is 19.2. The second-order valence-electron chi connectivity index (χ2n) is 3.07. The van der Waals surface area contributed by atoms with Crippen LogP contribution in [0.3, 0.4) is 0 Å². The molecule has 0 aliphatic rings. The van der Waals surface area contributed by atoms with Gasteiger partial charge in [-0.25, -0.2) is 0 Å². The maximum absolute atomic E-state index is 11.6. The Morgan fingerprint density at radius 3 is 2.69 bits per heavy atom. The van der Waals surface area contributed by atoms with Crippen LogP contribution in [0.1, 0.15) is 15.9 Å². The van der Waals surface area contributed by atoms with Crippen LogP contribution >= 0.6 is 0 Å². The Bertz CT molecular complexity index is 449. The Kier molecular flexibility index (Phi) is 4.04. The van der Waals surface area contributed by atoms with Crippen molar-refractivity contribution in [2.45, 2.75) is 6.42 Å². The number of nitrogens with one attached hydrogen (secondary N) is 1. The molecule has 5 heteroatoms. The summed E-state index contributed by atoms with van der Waals surface area (Å²) in [6.45, 7) is -0.431. The van der Waals surface area contributed by atoms with Crippen molar-refractivity contribution in [3.05, 3.63) is 35.4 Å². The van der Waals surface area contributed by atoms with E-state index in [0.29, 0.717) is 11.1 Å². The van der Waals surface area contributed by atoms with Crippen LogP contribution in [0.5, 0.6) is 0 Å². The summed E-state index contributed by atoms with van der Waals surface area (Å²) >= 11 is 0. The van der Waals surface area contributed by atoms with Crippen molar-refractivity contribution in [2.24, 2.45) is 0 Å². The Balaban J connectivity index is 2.82. The first-order chi connectivity index (χ1) is 7.65. The van der Waals surface area contributed by atoms with Gasteiger partial charge in [-0.05, 0) is 11.6 Å². The fourth-order valence-corrected chi connectivity index (χ4v) is 1.23. The summed E-state index contributed by atoms with van der Waals surface area (Å²) in [7, 11) is 0. The smallest absolute Gasteiger partial charge is 0.322 e. The minimum absolute atomic E-state index is 0.122. The predicted molar refractivity (Wildman–Crippen MR) is 55.7 cm³/mol. The van der Waals surface area contributed by atoms with Crippen LogP contribution in [-0.2, 0) is 11.2 Å². The lowest BCUT2D eigenvalue weighted by Crippen LogP contribution is -2.29. The molecule has 1 aromatic carbocycles. The van der Waals surface area contributed by atoms with Crippen LogP contribution in [0, 0.1) is 11.3 Å². The predicted octanol–water partition coefficient (Wildman–Crippen LogP) is 0.567. The van der Waals surface area contributed by atoms with Gasteiger partial charge in [0, 0.05) is 5.56 Å². The van der Waals surface area contributed by atoms with Crippen LogP contribution in [0.2, 0.25) is 0 Å². The molecule has 1 rings (SSSR count). The molecule has 16 heavy (non-hydrogen) atoms. The lowest BCUT2D eigenvalue weighted by molar-refractivity contribution is -0.135. The molecule has 0 aliphatic heterocycles. The molecule has 0 aliphatic carbocycles. The lowest BCUT2D eigenvalue weighted by atomic mass is 10.0. The lowest BCUT2D eigenvalue weighted by Gasteiger charge is -2.06. The minimum Gasteiger partial charge on any atom is -0.480 e. The number of nitriles is 1. The van der Waals surface area contributed by atoms with E-state index in [2.05, 4.69) is 5.32 Å². The van der Waals surface area contributed by atoms with Gasteiger partial charge < -0.3 is 10.4 Å². The van der Waals surface area contributed by atoms with Crippen molar-refractivity contribution >= 4 is 11.9 Å². The van der Waals surface area contributed by atoms with E-state index in [4.69, 9.17) is 10.4 Å². The highest BCUT2D eigenvalue weighted by atomic mass is 16.4. The van der Waals surface area contributed by atoms with E-state index in [1.54, 1.807) is 24.3 Å². The van der Waals surface area contributed by atoms with Crippen molar-refractivity contribution in [3.63, 3.8) is 0 Å². The zero-order valence-corrected chi connectivity index (χ0v) is 8.43. The zero-order valence-electron chi connectivity index (χ0n) is 8.43. The van der Waals surface area contributed by atoms with Gasteiger partial charge >= 0.3 is 5.97 Å². The number of hydrogen-bond donors (Lipinski definition) is 2. The van der Waals surface area contributed by atoms with Gasteiger partial charge in [0.2, 0.25) is 0 Å². The number of amides is 1. The number of aliphatic carboxylic acids is 1. The SMILES string of the molecule is N#CCc1ccccc1C(=O)NCC(=O)O. The van der Waals surface area contributed by atoms with Crippen LogP contribution < -0.4 is 5.32 Å². The quantitative estimate of drug-likeness (QED) is 0.772. The first kappa shape index (κ1) is 11.7. The van der Waals surface area contributed by atoms with Crippen LogP contribution in [0.15, 0.2) is 24.3 Å². The molecule has 0 saturated heterocycles. The van der Waals surface area contributed by atoms with Gasteiger partial charge in [-0.15, -0.1) is 0 Å². The van der Waals surface area contributed by atoms with Gasteiger partial charge in [-0.1, -0.05) is 18.2 Å². The molecule has 0 bridgehead atoms. The standard InChI is InChI=1S/C11H10N2O3/c12-6-5-8-3-1-2-4-9(8)11(16)13-7-10(14)15/h1-4H,5,7H2,(H,13,16)(H,14,15). The van der Waals surface area contributed by atoms with Crippen LogP contribution in [0.4, 0.5) is 0 Å². The third kappa shape index (κ3) is 3.10. The minimum atomic E-state index is -1.11. The van der Waals surface area contributed by atoms with Gasteiger partial charge in [-0.3, -0.25) is 9.59 Å². The molecule has 1 aromatic rings. The molecule has 0 radical (unpaired) electrons. The van der Waals surface area contributed by atoms with E-state index in [1.165, 1.54) is 0 Å². The van der Waals surface area contributed by atoms with E-state index < -0.39 is 18.4 Å². The maximum atomic E-state index is 11.6. The zero-order chi connectivity index (χ0) is 12.0. The van der Waals surface area contributed by atoms with Gasteiger partial charge in [0.25, 0.3) is 5.91 Å². The average Bonchev–Trinajstić information content (AvgIpc) is 2.27. The summed E-state index contributed by atoms with van der Waals surface area (Å²) in [5.41, 5.74) is 0.929. The molecule has 2 N–H and O–H groups in total. The molecule has 1 amide bonds. The summed E-state index contributed by atoms with van der Waals surface area (Å²) in [4.78, 5) is 21.8. The second kappa shape index (κ2) is 5.51. The fourth-order valence-electron chi connectivity index (χ4n) is 1.23. The molecule has 0 spiro atoms. The molecule has 82 valence electrons. The molecule has 0 atom stereocenters. The summed E-state index contributed by atoms with van der Waals surface area (Å²) in [6.07, 6.45) is 0.122. The number of hydrogen-bond acceptors (Lipinski definition) is 3.